The van der Waals surface area contributed by atoms with Crippen LogP contribution in [-0.4, -0.2) is 107 Å². The molecule has 7 aliphatic rings. The maximum atomic E-state index is 12.9. The van der Waals surface area contributed by atoms with Crippen molar-refractivity contribution < 1.29 is 67.0 Å². The fraction of sp³-hybridized carbons (Fsp3) is 0.696. The molecule has 0 amide bonds. The van der Waals surface area contributed by atoms with Crippen LogP contribution in [-0.2, 0) is 39.2 Å². The Labute approximate surface area is 218 Å². The van der Waals surface area contributed by atoms with Crippen LogP contribution in [0.15, 0.2) is 24.3 Å². The van der Waals surface area contributed by atoms with Gasteiger partial charge < -0.3 is 49.2 Å². The van der Waals surface area contributed by atoms with Gasteiger partial charge in [-0.05, 0) is 25.5 Å². The molecule has 0 aromatic heterocycles. The number of benzene rings is 1. The fourth-order valence-electron chi connectivity index (χ4n) is 7.14. The molecular formula is C23H28O14S. The standard InChI is InChI=1S/C23H28O14S/c1-20-8-22(37-38(30)31)13-6-23(20,34-18-16(28)15(27)14(26)12(7-24)33-18)21(13,19(35-20)36-22)9-32-17(29)10-4-2-3-5-11(10)25/h2-5,12-16,18-19,24-28H,6-9H2,1H3,(H,30,31)/t12-,13-,14-,15+,16-,18+,19-,20+,21+,22+,23+/m1/s1. The van der Waals surface area contributed by atoms with Gasteiger partial charge >= 0.3 is 17.3 Å². The van der Waals surface area contributed by atoms with Crippen LogP contribution in [0, 0.1) is 11.3 Å². The SMILES string of the molecule is C[C@@]12C[C@@]3(OS(=O)O)O[C@@H](O1)[C@]1(COC(=O)c4ccccc4O)[C@H]3C[C@@]12O[C@@H]1O[C@H](CO)[C@@H](O)[C@H](O)[C@H]1O. The van der Waals surface area contributed by atoms with Crippen molar-refractivity contribution in [2.75, 3.05) is 13.2 Å². The summed E-state index contributed by atoms with van der Waals surface area (Å²) in [6.45, 7) is 0.612. The highest BCUT2D eigenvalue weighted by Crippen LogP contribution is 2.82. The van der Waals surface area contributed by atoms with E-state index in [0.29, 0.717) is 0 Å². The average Bonchev–Trinajstić information content (AvgIpc) is 3.05. The molecule has 12 atom stereocenters. The molecule has 38 heavy (non-hydrogen) atoms. The van der Waals surface area contributed by atoms with Crippen LogP contribution >= 0.6 is 0 Å². The van der Waals surface area contributed by atoms with Crippen molar-refractivity contribution in [3.63, 3.8) is 0 Å². The molecule has 8 rings (SSSR count). The lowest BCUT2D eigenvalue weighted by molar-refractivity contribution is -0.419. The molecule has 1 aromatic rings. The zero-order valence-electron chi connectivity index (χ0n) is 20.0. The van der Waals surface area contributed by atoms with Gasteiger partial charge in [0.15, 0.2) is 18.4 Å². The summed E-state index contributed by atoms with van der Waals surface area (Å²) in [6.07, 6.45) is -8.83. The molecule has 3 aliphatic carbocycles. The summed E-state index contributed by atoms with van der Waals surface area (Å²) in [6, 6.07) is 5.79. The first-order valence-electron chi connectivity index (χ1n) is 12.0. The number of hydrogen-bond donors (Lipinski definition) is 6. The van der Waals surface area contributed by atoms with Crippen LogP contribution in [0.3, 0.4) is 0 Å². The van der Waals surface area contributed by atoms with E-state index in [1.54, 1.807) is 19.1 Å². The Kier molecular flexibility index (Phi) is 6.00. The first-order valence-corrected chi connectivity index (χ1v) is 13.1. The summed E-state index contributed by atoms with van der Waals surface area (Å²) in [4.78, 5) is 12.9. The zero-order chi connectivity index (χ0) is 27.3. The van der Waals surface area contributed by atoms with Gasteiger partial charge in [-0.15, -0.1) is 0 Å². The second-order valence-corrected chi connectivity index (χ2v) is 11.2. The van der Waals surface area contributed by atoms with Crippen molar-refractivity contribution >= 4 is 17.3 Å². The molecule has 6 N–H and O–H groups in total. The molecule has 14 nitrogen and oxygen atoms in total. The van der Waals surface area contributed by atoms with Crippen molar-refractivity contribution in [1.82, 2.24) is 0 Å². The smallest absolute Gasteiger partial charge is 0.341 e. The molecule has 4 saturated heterocycles. The number of hydrogen-bond acceptors (Lipinski definition) is 13. The molecule has 3 saturated carbocycles. The first kappa shape index (κ1) is 26.5. The monoisotopic (exact) mass is 560 g/mol. The summed E-state index contributed by atoms with van der Waals surface area (Å²) in [5.41, 5.74) is -4.03. The number of para-hydroxylation sites is 1. The van der Waals surface area contributed by atoms with Gasteiger partial charge in [-0.3, -0.25) is 4.55 Å². The maximum absolute atomic E-state index is 12.9. The van der Waals surface area contributed by atoms with E-state index in [-0.39, 0.29) is 30.8 Å². The number of phenolic OH excluding ortho intramolecular Hbond substituents is 1. The van der Waals surface area contributed by atoms with Gasteiger partial charge in [0.05, 0.1) is 12.0 Å². The fourth-order valence-corrected chi connectivity index (χ4v) is 7.59. The van der Waals surface area contributed by atoms with Crippen molar-refractivity contribution in [3.8, 4) is 5.75 Å². The molecule has 7 fully saturated rings. The summed E-state index contributed by atoms with van der Waals surface area (Å²) in [5, 5.41) is 50.8. The molecule has 4 heterocycles. The van der Waals surface area contributed by atoms with E-state index >= 15 is 0 Å². The Hall–Kier alpha value is -1.76. The van der Waals surface area contributed by atoms with E-state index in [9.17, 15) is 39.1 Å². The largest absolute Gasteiger partial charge is 0.507 e. The number of rotatable bonds is 8. The second kappa shape index (κ2) is 8.62. The Balaban J connectivity index is 1.35. The Bertz CT molecular complexity index is 1160. The summed E-state index contributed by atoms with van der Waals surface area (Å²) >= 11 is -2.70. The molecule has 210 valence electrons. The molecule has 1 unspecified atom stereocenters. The van der Waals surface area contributed by atoms with E-state index < -0.39 is 89.3 Å². The summed E-state index contributed by atoms with van der Waals surface area (Å²) in [7, 11) is 0. The second-order valence-electron chi connectivity index (χ2n) is 10.6. The van der Waals surface area contributed by atoms with Crippen LogP contribution < -0.4 is 0 Å². The molecule has 1 aromatic carbocycles. The predicted octanol–water partition coefficient (Wildman–Crippen LogP) is -1.49. The molecule has 15 heteroatoms. The van der Waals surface area contributed by atoms with Crippen molar-refractivity contribution in [3.05, 3.63) is 29.8 Å². The lowest BCUT2D eigenvalue weighted by Crippen LogP contribution is -2.81. The number of carbonyl (C=O) groups excluding carboxylic acids is 1. The molecule has 4 aliphatic heterocycles. The zero-order valence-corrected chi connectivity index (χ0v) is 20.9. The quantitative estimate of drug-likeness (QED) is 0.158. The highest BCUT2D eigenvalue weighted by atomic mass is 32.2. The number of aliphatic hydroxyl groups is 4. The first-order chi connectivity index (χ1) is 17.9. The van der Waals surface area contributed by atoms with Gasteiger partial charge in [0, 0.05) is 12.3 Å². The van der Waals surface area contributed by atoms with Crippen LogP contribution in [0.2, 0.25) is 0 Å². The predicted molar refractivity (Wildman–Crippen MR) is 120 cm³/mol. The minimum Gasteiger partial charge on any atom is -0.507 e. The number of phenols is 1. The van der Waals surface area contributed by atoms with Gasteiger partial charge in [0.25, 0.3) is 0 Å². The third-order valence-corrected chi connectivity index (χ3v) is 9.30. The number of esters is 1. The van der Waals surface area contributed by atoms with Crippen LogP contribution in [0.25, 0.3) is 0 Å². The van der Waals surface area contributed by atoms with E-state index in [2.05, 4.69) is 0 Å². The van der Waals surface area contributed by atoms with Gasteiger partial charge in [-0.2, -0.15) is 4.21 Å². The maximum Gasteiger partial charge on any atom is 0.341 e. The van der Waals surface area contributed by atoms with E-state index in [1.807, 2.05) is 0 Å². The Morgan fingerprint density at radius 2 is 1.89 bits per heavy atom. The molecule has 0 spiro atoms. The Morgan fingerprint density at radius 1 is 1.16 bits per heavy atom. The van der Waals surface area contributed by atoms with Gasteiger partial charge in [0.1, 0.15) is 53.5 Å². The van der Waals surface area contributed by atoms with Gasteiger partial charge in [0.2, 0.25) is 0 Å². The third kappa shape index (κ3) is 3.23. The lowest BCUT2D eigenvalue weighted by Gasteiger charge is -2.68. The summed E-state index contributed by atoms with van der Waals surface area (Å²) < 4.78 is 56.4. The number of aliphatic hydroxyl groups excluding tert-OH is 4. The molecule has 6 bridgehead atoms. The van der Waals surface area contributed by atoms with Crippen molar-refractivity contribution in [2.24, 2.45) is 11.3 Å². The number of carbonyl (C=O) groups is 1. The molecule has 0 radical (unpaired) electrons. The van der Waals surface area contributed by atoms with Crippen LogP contribution in [0.1, 0.15) is 30.1 Å². The Morgan fingerprint density at radius 3 is 2.58 bits per heavy atom. The van der Waals surface area contributed by atoms with Crippen molar-refractivity contribution in [2.45, 2.75) is 73.8 Å². The highest BCUT2D eigenvalue weighted by molar-refractivity contribution is 7.74. The normalized spacial score (nSPS) is 49.1. The topological polar surface area (TPSA) is 211 Å². The van der Waals surface area contributed by atoms with Crippen LogP contribution in [0.4, 0.5) is 0 Å². The van der Waals surface area contributed by atoms with Gasteiger partial charge in [-0.1, -0.05) is 12.1 Å². The van der Waals surface area contributed by atoms with Crippen molar-refractivity contribution in [1.29, 1.82) is 0 Å². The van der Waals surface area contributed by atoms with E-state index in [4.69, 9.17) is 27.9 Å². The number of aromatic hydroxyl groups is 1. The number of ether oxygens (including phenoxy) is 5. The average molecular weight is 561 g/mol. The van der Waals surface area contributed by atoms with Crippen LogP contribution in [0.5, 0.6) is 5.75 Å². The highest BCUT2D eigenvalue weighted by Gasteiger charge is 2.95. The van der Waals surface area contributed by atoms with E-state index in [0.717, 1.165) is 0 Å². The molecular weight excluding hydrogens is 532 g/mol. The third-order valence-electron chi connectivity index (χ3n) is 8.87. The minimum absolute atomic E-state index is 0.0555. The summed E-state index contributed by atoms with van der Waals surface area (Å²) in [5.74, 6) is -3.36. The van der Waals surface area contributed by atoms with E-state index in [1.165, 1.54) is 12.1 Å². The van der Waals surface area contributed by atoms with Gasteiger partial charge in [-0.25, -0.2) is 8.98 Å². The lowest BCUT2D eigenvalue weighted by atomic mass is 9.41. The minimum atomic E-state index is -2.70.